The van der Waals surface area contributed by atoms with Gasteiger partial charge >= 0.3 is 5.97 Å². The summed E-state index contributed by atoms with van der Waals surface area (Å²) >= 11 is 0. The zero-order valence-electron chi connectivity index (χ0n) is 16.0. The van der Waals surface area contributed by atoms with E-state index in [4.69, 9.17) is 0 Å². The second-order valence-electron chi connectivity index (χ2n) is 6.68. The normalized spacial score (nSPS) is 10.9. The Morgan fingerprint density at radius 2 is 1.87 bits per heavy atom. The summed E-state index contributed by atoms with van der Waals surface area (Å²) in [6.45, 7) is 1.33. The van der Waals surface area contributed by atoms with Crippen LogP contribution in [0.15, 0.2) is 60.0 Å². The SMILES string of the molecule is CC(=O)Nc1ccn(-c2cc3c(cc2F)c(=O)c(C(=O)O)cn3-c2ccncc2F)c1. The van der Waals surface area contributed by atoms with E-state index in [-0.39, 0.29) is 28.2 Å². The predicted octanol–water partition coefficient (Wildman–Crippen LogP) is 3.11. The molecule has 0 unspecified atom stereocenters. The summed E-state index contributed by atoms with van der Waals surface area (Å²) in [4.78, 5) is 39.1. The van der Waals surface area contributed by atoms with Gasteiger partial charge in [0, 0.05) is 37.1 Å². The minimum absolute atomic E-state index is 0.00907. The summed E-state index contributed by atoms with van der Waals surface area (Å²) in [6, 6.07) is 5.06. The molecule has 3 aromatic heterocycles. The van der Waals surface area contributed by atoms with Crippen molar-refractivity contribution in [2.75, 3.05) is 5.32 Å². The van der Waals surface area contributed by atoms with Crippen molar-refractivity contribution >= 4 is 28.5 Å². The Morgan fingerprint density at radius 1 is 1.10 bits per heavy atom. The monoisotopic (exact) mass is 424 g/mol. The molecule has 0 aliphatic rings. The molecule has 156 valence electrons. The molecule has 0 aliphatic heterocycles. The Bertz CT molecular complexity index is 1420. The van der Waals surface area contributed by atoms with Crippen LogP contribution in [-0.2, 0) is 4.79 Å². The number of fused-ring (bicyclic) bond motifs is 1. The molecule has 0 atom stereocenters. The van der Waals surface area contributed by atoms with Crippen LogP contribution >= 0.6 is 0 Å². The number of carboxylic acid groups (broad SMARTS) is 1. The number of pyridine rings is 2. The van der Waals surface area contributed by atoms with Gasteiger partial charge in [-0.1, -0.05) is 0 Å². The van der Waals surface area contributed by atoms with Gasteiger partial charge in [-0.05, 0) is 24.3 Å². The standard InChI is InChI=1S/C21H14F2N4O4/c1-11(28)25-12-3-5-26(9-12)19-7-18-13(6-15(19)22)20(29)14(21(30)31)10-27(18)17-2-4-24-8-16(17)23/h2-10H,1H3,(H,25,28)(H,30,31). The lowest BCUT2D eigenvalue weighted by Crippen LogP contribution is -2.19. The van der Waals surface area contributed by atoms with Crippen molar-refractivity contribution < 1.29 is 23.5 Å². The Morgan fingerprint density at radius 3 is 2.55 bits per heavy atom. The third-order valence-electron chi connectivity index (χ3n) is 4.60. The number of amides is 1. The molecule has 0 saturated heterocycles. The Kier molecular flexibility index (Phi) is 4.82. The Balaban J connectivity index is 2.03. The first kappa shape index (κ1) is 20.0. The van der Waals surface area contributed by atoms with Gasteiger partial charge in [-0.15, -0.1) is 0 Å². The molecule has 4 aromatic rings. The van der Waals surface area contributed by atoms with Gasteiger partial charge in [-0.25, -0.2) is 13.6 Å². The molecular formula is C21H14F2N4O4. The van der Waals surface area contributed by atoms with E-state index in [9.17, 15) is 28.3 Å². The number of carboxylic acids is 1. The average Bonchev–Trinajstić information content (AvgIpc) is 3.16. The van der Waals surface area contributed by atoms with Gasteiger partial charge < -0.3 is 19.6 Å². The van der Waals surface area contributed by atoms with Crippen LogP contribution in [0.1, 0.15) is 17.3 Å². The largest absolute Gasteiger partial charge is 0.477 e. The van der Waals surface area contributed by atoms with Crippen molar-refractivity contribution in [3.63, 3.8) is 0 Å². The van der Waals surface area contributed by atoms with E-state index >= 15 is 0 Å². The highest BCUT2D eigenvalue weighted by molar-refractivity contribution is 5.94. The Hall–Kier alpha value is -4.34. The first-order valence-corrected chi connectivity index (χ1v) is 8.94. The van der Waals surface area contributed by atoms with E-state index < -0.39 is 28.6 Å². The quantitative estimate of drug-likeness (QED) is 0.524. The number of hydrogen-bond donors (Lipinski definition) is 2. The number of halogens is 2. The van der Waals surface area contributed by atoms with Gasteiger partial charge in [0.15, 0.2) is 5.82 Å². The molecule has 0 aliphatic carbocycles. The van der Waals surface area contributed by atoms with Crippen molar-refractivity contribution in [3.05, 3.63) is 82.7 Å². The number of carbonyl (C=O) groups excluding carboxylic acids is 1. The second-order valence-corrected chi connectivity index (χ2v) is 6.68. The summed E-state index contributed by atoms with van der Waals surface area (Å²) in [5, 5.41) is 11.7. The zero-order chi connectivity index (χ0) is 22.3. The van der Waals surface area contributed by atoms with E-state index in [1.807, 2.05) is 0 Å². The summed E-state index contributed by atoms with van der Waals surface area (Å²) in [6.07, 6.45) is 6.20. The fourth-order valence-electron chi connectivity index (χ4n) is 3.27. The zero-order valence-corrected chi connectivity index (χ0v) is 16.0. The van der Waals surface area contributed by atoms with Crippen LogP contribution in [0.3, 0.4) is 0 Å². The van der Waals surface area contributed by atoms with Crippen LogP contribution in [0.25, 0.3) is 22.3 Å². The number of rotatable bonds is 4. The molecule has 0 spiro atoms. The maximum absolute atomic E-state index is 14.9. The first-order chi connectivity index (χ1) is 14.8. The van der Waals surface area contributed by atoms with Gasteiger partial charge in [0.05, 0.1) is 28.8 Å². The van der Waals surface area contributed by atoms with Crippen LogP contribution in [0.2, 0.25) is 0 Å². The lowest BCUT2D eigenvalue weighted by Gasteiger charge is -2.15. The highest BCUT2D eigenvalue weighted by Gasteiger charge is 2.19. The van der Waals surface area contributed by atoms with Crippen LogP contribution in [0.5, 0.6) is 0 Å². The van der Waals surface area contributed by atoms with Crippen molar-refractivity contribution in [3.8, 4) is 11.4 Å². The highest BCUT2D eigenvalue weighted by atomic mass is 19.1. The number of aromatic carboxylic acids is 1. The third-order valence-corrected chi connectivity index (χ3v) is 4.60. The maximum atomic E-state index is 14.9. The first-order valence-electron chi connectivity index (χ1n) is 8.94. The van der Waals surface area contributed by atoms with Crippen molar-refractivity contribution in [2.45, 2.75) is 6.92 Å². The highest BCUT2D eigenvalue weighted by Crippen LogP contribution is 2.26. The lowest BCUT2D eigenvalue weighted by atomic mass is 10.1. The van der Waals surface area contributed by atoms with Crippen molar-refractivity contribution in [1.29, 1.82) is 0 Å². The number of benzene rings is 1. The molecule has 0 saturated carbocycles. The van der Waals surface area contributed by atoms with E-state index in [0.29, 0.717) is 5.69 Å². The predicted molar refractivity (Wildman–Crippen MR) is 108 cm³/mol. The van der Waals surface area contributed by atoms with Gasteiger partial charge in [-0.3, -0.25) is 14.6 Å². The molecule has 2 N–H and O–H groups in total. The lowest BCUT2D eigenvalue weighted by molar-refractivity contribution is -0.114. The molecule has 31 heavy (non-hydrogen) atoms. The van der Waals surface area contributed by atoms with E-state index in [0.717, 1.165) is 18.5 Å². The number of aromatic nitrogens is 3. The van der Waals surface area contributed by atoms with Crippen LogP contribution in [-0.4, -0.2) is 31.1 Å². The van der Waals surface area contributed by atoms with Gasteiger partial charge in [0.1, 0.15) is 11.4 Å². The maximum Gasteiger partial charge on any atom is 0.341 e. The summed E-state index contributed by atoms with van der Waals surface area (Å²) in [5.74, 6) is -3.40. The molecule has 3 heterocycles. The van der Waals surface area contributed by atoms with Crippen LogP contribution in [0, 0.1) is 11.6 Å². The minimum Gasteiger partial charge on any atom is -0.477 e. The molecule has 1 amide bonds. The Labute approximate surface area is 173 Å². The van der Waals surface area contributed by atoms with E-state index in [1.165, 1.54) is 46.8 Å². The topological polar surface area (TPSA) is 106 Å². The van der Waals surface area contributed by atoms with Crippen LogP contribution < -0.4 is 10.7 Å². The fourth-order valence-corrected chi connectivity index (χ4v) is 3.27. The van der Waals surface area contributed by atoms with Gasteiger partial charge in [0.25, 0.3) is 0 Å². The van der Waals surface area contributed by atoms with Crippen molar-refractivity contribution in [2.24, 2.45) is 0 Å². The molecule has 0 bridgehead atoms. The number of anilines is 1. The van der Waals surface area contributed by atoms with Crippen molar-refractivity contribution in [1.82, 2.24) is 14.1 Å². The number of nitrogens with one attached hydrogen (secondary N) is 1. The number of hydrogen-bond acceptors (Lipinski definition) is 4. The number of nitrogens with zero attached hydrogens (tertiary/aromatic N) is 3. The molecular weight excluding hydrogens is 410 g/mol. The molecule has 10 heteroatoms. The number of carbonyl (C=O) groups is 2. The molecule has 8 nitrogen and oxygen atoms in total. The molecule has 0 fully saturated rings. The van der Waals surface area contributed by atoms with Gasteiger partial charge in [0.2, 0.25) is 11.3 Å². The molecule has 4 rings (SSSR count). The van der Waals surface area contributed by atoms with Crippen LogP contribution in [0.4, 0.5) is 14.5 Å². The molecule has 0 radical (unpaired) electrons. The summed E-state index contributed by atoms with van der Waals surface area (Å²) in [7, 11) is 0. The van der Waals surface area contributed by atoms with E-state index in [1.54, 1.807) is 6.07 Å². The summed E-state index contributed by atoms with van der Waals surface area (Å²) < 4.78 is 31.9. The molecule has 1 aromatic carbocycles. The average molecular weight is 424 g/mol. The van der Waals surface area contributed by atoms with E-state index in [2.05, 4.69) is 10.3 Å². The second kappa shape index (κ2) is 7.48. The summed E-state index contributed by atoms with van der Waals surface area (Å²) in [5.41, 5.74) is -1.08. The third kappa shape index (κ3) is 3.54. The smallest absolute Gasteiger partial charge is 0.341 e. The van der Waals surface area contributed by atoms with Gasteiger partial charge in [-0.2, -0.15) is 0 Å². The fraction of sp³-hybridized carbons (Fsp3) is 0.0476. The minimum atomic E-state index is -1.52.